The Bertz CT molecular complexity index is 488. The molecular weight excluding hydrogens is 280 g/mol. The van der Waals surface area contributed by atoms with Gasteiger partial charge in [0.15, 0.2) is 0 Å². The average Bonchev–Trinajstić information content (AvgIpc) is 2.38. The molecule has 0 bridgehead atoms. The second-order valence-electron chi connectivity index (χ2n) is 3.56. The van der Waals surface area contributed by atoms with Crippen molar-refractivity contribution in [2.24, 2.45) is 5.84 Å². The molecule has 0 heterocycles. The van der Waals surface area contributed by atoms with Gasteiger partial charge in [-0.1, -0.05) is 30.3 Å². The minimum atomic E-state index is 0.558. The first kappa shape index (κ1) is 12.0. The lowest BCUT2D eigenvalue weighted by Crippen LogP contribution is -2.07. The highest BCUT2D eigenvalue weighted by atomic mass is 79.9. The summed E-state index contributed by atoms with van der Waals surface area (Å²) in [7, 11) is 0. The van der Waals surface area contributed by atoms with E-state index in [0.29, 0.717) is 6.61 Å². The van der Waals surface area contributed by atoms with Gasteiger partial charge in [-0.15, -0.1) is 0 Å². The second-order valence-corrected chi connectivity index (χ2v) is 4.41. The fraction of sp³-hybridized carbons (Fsp3) is 0.0769. The van der Waals surface area contributed by atoms with Crippen LogP contribution < -0.4 is 16.0 Å². The molecule has 0 aliphatic carbocycles. The number of hydrogen-bond donors (Lipinski definition) is 2. The number of ether oxygens (including phenoxy) is 1. The Morgan fingerprint density at radius 2 is 1.88 bits per heavy atom. The van der Waals surface area contributed by atoms with E-state index in [1.54, 1.807) is 0 Å². The van der Waals surface area contributed by atoms with Crippen molar-refractivity contribution < 1.29 is 4.74 Å². The van der Waals surface area contributed by atoms with Gasteiger partial charge in [-0.3, -0.25) is 5.84 Å². The summed E-state index contributed by atoms with van der Waals surface area (Å²) in [5, 5.41) is 0. The van der Waals surface area contributed by atoms with Crippen LogP contribution in [0.25, 0.3) is 0 Å². The van der Waals surface area contributed by atoms with E-state index < -0.39 is 0 Å². The summed E-state index contributed by atoms with van der Waals surface area (Å²) in [6, 6.07) is 15.7. The average molecular weight is 293 g/mol. The molecule has 0 radical (unpaired) electrons. The molecule has 2 aromatic rings. The highest BCUT2D eigenvalue weighted by Gasteiger charge is 2.01. The lowest BCUT2D eigenvalue weighted by Gasteiger charge is -2.09. The van der Waals surface area contributed by atoms with Crippen molar-refractivity contribution in [1.82, 2.24) is 0 Å². The number of nitrogens with two attached hydrogens (primary N) is 1. The maximum Gasteiger partial charge on any atom is 0.121 e. The predicted molar refractivity (Wildman–Crippen MR) is 72.7 cm³/mol. The van der Waals surface area contributed by atoms with Gasteiger partial charge in [0.1, 0.15) is 12.4 Å². The molecule has 0 unspecified atom stereocenters. The molecule has 0 saturated heterocycles. The first-order chi connectivity index (χ1) is 8.29. The number of hydrogen-bond acceptors (Lipinski definition) is 3. The zero-order valence-corrected chi connectivity index (χ0v) is 10.8. The number of rotatable bonds is 4. The topological polar surface area (TPSA) is 47.3 Å². The number of benzene rings is 2. The fourth-order valence-electron chi connectivity index (χ4n) is 1.44. The SMILES string of the molecule is NNc1ccc(OCc2ccccc2)cc1Br. The van der Waals surface area contributed by atoms with E-state index in [9.17, 15) is 0 Å². The highest BCUT2D eigenvalue weighted by Crippen LogP contribution is 2.26. The molecule has 0 aliphatic rings. The van der Waals surface area contributed by atoms with Crippen LogP contribution in [0.5, 0.6) is 5.75 Å². The van der Waals surface area contributed by atoms with Crippen LogP contribution in [0, 0.1) is 0 Å². The van der Waals surface area contributed by atoms with Crippen LogP contribution in [0.2, 0.25) is 0 Å². The largest absolute Gasteiger partial charge is 0.489 e. The van der Waals surface area contributed by atoms with Gasteiger partial charge in [0.25, 0.3) is 0 Å². The molecule has 0 spiro atoms. The summed E-state index contributed by atoms with van der Waals surface area (Å²) in [5.74, 6) is 6.15. The van der Waals surface area contributed by atoms with Crippen LogP contribution in [0.4, 0.5) is 5.69 Å². The Morgan fingerprint density at radius 3 is 2.53 bits per heavy atom. The zero-order valence-electron chi connectivity index (χ0n) is 9.19. The number of halogens is 1. The molecule has 3 N–H and O–H groups in total. The molecule has 0 amide bonds. The lowest BCUT2D eigenvalue weighted by atomic mass is 10.2. The summed E-state index contributed by atoms with van der Waals surface area (Å²) in [6.45, 7) is 0.558. The Labute approximate surface area is 109 Å². The third kappa shape index (κ3) is 3.22. The molecule has 0 fully saturated rings. The molecule has 2 rings (SSSR count). The maximum atomic E-state index is 5.67. The van der Waals surface area contributed by atoms with Crippen molar-refractivity contribution in [1.29, 1.82) is 0 Å². The molecule has 0 saturated carbocycles. The van der Waals surface area contributed by atoms with E-state index in [2.05, 4.69) is 21.4 Å². The van der Waals surface area contributed by atoms with Crippen molar-refractivity contribution in [3.8, 4) is 5.75 Å². The minimum Gasteiger partial charge on any atom is -0.489 e. The van der Waals surface area contributed by atoms with Crippen LogP contribution in [-0.4, -0.2) is 0 Å². The van der Waals surface area contributed by atoms with E-state index >= 15 is 0 Å². The summed E-state index contributed by atoms with van der Waals surface area (Å²) >= 11 is 3.41. The Hall–Kier alpha value is -1.52. The van der Waals surface area contributed by atoms with Crippen LogP contribution >= 0.6 is 15.9 Å². The van der Waals surface area contributed by atoms with Crippen molar-refractivity contribution >= 4 is 21.6 Å². The van der Waals surface area contributed by atoms with Gasteiger partial charge in [-0.2, -0.15) is 0 Å². The van der Waals surface area contributed by atoms with Crippen molar-refractivity contribution in [2.45, 2.75) is 6.61 Å². The smallest absolute Gasteiger partial charge is 0.121 e. The van der Waals surface area contributed by atoms with Crippen LogP contribution in [0.3, 0.4) is 0 Å². The standard InChI is InChI=1S/C13H13BrN2O/c14-12-8-11(6-7-13(12)16-15)17-9-10-4-2-1-3-5-10/h1-8,16H,9,15H2. The number of hydrazine groups is 1. The van der Waals surface area contributed by atoms with E-state index in [4.69, 9.17) is 10.6 Å². The van der Waals surface area contributed by atoms with Gasteiger partial charge in [0.05, 0.1) is 5.69 Å². The summed E-state index contributed by atoms with van der Waals surface area (Å²) < 4.78 is 6.55. The third-order valence-electron chi connectivity index (χ3n) is 2.34. The Balaban J connectivity index is 2.02. The minimum absolute atomic E-state index is 0.558. The van der Waals surface area contributed by atoms with Crippen molar-refractivity contribution in [3.05, 3.63) is 58.6 Å². The van der Waals surface area contributed by atoms with Crippen molar-refractivity contribution in [2.75, 3.05) is 5.43 Å². The van der Waals surface area contributed by atoms with Crippen LogP contribution in [0.1, 0.15) is 5.56 Å². The number of nitrogens with one attached hydrogen (secondary N) is 1. The van der Waals surface area contributed by atoms with E-state index in [1.807, 2.05) is 48.5 Å². The normalized spacial score (nSPS) is 10.0. The van der Waals surface area contributed by atoms with Gasteiger partial charge in [-0.25, -0.2) is 0 Å². The Kier molecular flexibility index (Phi) is 4.01. The van der Waals surface area contributed by atoms with Gasteiger partial charge in [0.2, 0.25) is 0 Å². The monoisotopic (exact) mass is 292 g/mol. The number of anilines is 1. The summed E-state index contributed by atoms with van der Waals surface area (Å²) in [4.78, 5) is 0. The lowest BCUT2D eigenvalue weighted by molar-refractivity contribution is 0.306. The van der Waals surface area contributed by atoms with Crippen molar-refractivity contribution in [3.63, 3.8) is 0 Å². The summed E-state index contributed by atoms with van der Waals surface area (Å²) in [6.07, 6.45) is 0. The molecule has 0 atom stereocenters. The molecule has 3 nitrogen and oxygen atoms in total. The summed E-state index contributed by atoms with van der Waals surface area (Å²) in [5.41, 5.74) is 4.57. The van der Waals surface area contributed by atoms with Crippen LogP contribution in [-0.2, 0) is 6.61 Å². The third-order valence-corrected chi connectivity index (χ3v) is 3.00. The molecule has 4 heteroatoms. The van der Waals surface area contributed by atoms with E-state index in [1.165, 1.54) is 0 Å². The molecule has 88 valence electrons. The first-order valence-corrected chi connectivity index (χ1v) is 6.02. The van der Waals surface area contributed by atoms with Gasteiger partial charge >= 0.3 is 0 Å². The second kappa shape index (κ2) is 5.70. The predicted octanol–water partition coefficient (Wildman–Crippen LogP) is 3.31. The van der Waals surface area contributed by atoms with Gasteiger partial charge in [0, 0.05) is 4.47 Å². The molecular formula is C13H13BrN2O. The molecule has 17 heavy (non-hydrogen) atoms. The number of nitrogen functional groups attached to an aromatic ring is 1. The highest BCUT2D eigenvalue weighted by molar-refractivity contribution is 9.10. The van der Waals surface area contributed by atoms with Crippen LogP contribution in [0.15, 0.2) is 53.0 Å². The van der Waals surface area contributed by atoms with E-state index in [0.717, 1.165) is 21.5 Å². The quantitative estimate of drug-likeness (QED) is 0.671. The maximum absolute atomic E-state index is 5.67. The van der Waals surface area contributed by atoms with Gasteiger partial charge < -0.3 is 10.2 Å². The fourth-order valence-corrected chi connectivity index (χ4v) is 1.92. The molecule has 2 aromatic carbocycles. The zero-order chi connectivity index (χ0) is 12.1. The van der Waals surface area contributed by atoms with E-state index in [-0.39, 0.29) is 0 Å². The first-order valence-electron chi connectivity index (χ1n) is 5.22. The Morgan fingerprint density at radius 1 is 1.12 bits per heavy atom. The molecule has 0 aromatic heterocycles. The van der Waals surface area contributed by atoms with Gasteiger partial charge in [-0.05, 0) is 39.7 Å². The molecule has 0 aliphatic heterocycles.